The van der Waals surface area contributed by atoms with E-state index in [-0.39, 0.29) is 6.04 Å². The lowest BCUT2D eigenvalue weighted by Crippen LogP contribution is -2.42. The molecule has 0 aliphatic carbocycles. The fraction of sp³-hybridized carbons (Fsp3) is 0.316. The summed E-state index contributed by atoms with van der Waals surface area (Å²) in [6.07, 6.45) is 0. The molecule has 0 fully saturated rings. The van der Waals surface area contributed by atoms with E-state index in [1.807, 2.05) is 12.1 Å². The highest BCUT2D eigenvalue weighted by molar-refractivity contribution is 7.80. The molecule has 4 heteroatoms. The zero-order valence-electron chi connectivity index (χ0n) is 13.7. The summed E-state index contributed by atoms with van der Waals surface area (Å²) in [5.41, 5.74) is 2.49. The molecule has 0 saturated carbocycles. The van der Waals surface area contributed by atoms with Crippen LogP contribution >= 0.6 is 12.2 Å². The third kappa shape index (κ3) is 5.34. The summed E-state index contributed by atoms with van der Waals surface area (Å²) in [5, 5.41) is 4.04. The van der Waals surface area contributed by atoms with Crippen LogP contribution in [0.5, 0.6) is 0 Å². The van der Waals surface area contributed by atoms with Gasteiger partial charge in [-0.3, -0.25) is 0 Å². The summed E-state index contributed by atoms with van der Waals surface area (Å²) in [4.78, 5) is 2.22. The molecule has 0 saturated heterocycles. The van der Waals surface area contributed by atoms with Gasteiger partial charge in [-0.1, -0.05) is 60.7 Å². The van der Waals surface area contributed by atoms with Crippen LogP contribution in [0.15, 0.2) is 60.7 Å². The number of rotatable bonds is 7. The monoisotopic (exact) mass is 328 g/mol. The van der Waals surface area contributed by atoms with E-state index in [1.165, 1.54) is 11.1 Å². The van der Waals surface area contributed by atoms with E-state index >= 15 is 0 Å². The molecule has 0 bridgehead atoms. The maximum Gasteiger partial charge on any atom is 0.169 e. The Bertz CT molecular complexity index is 589. The minimum Gasteiger partial charge on any atom is -0.383 e. The molecule has 2 rings (SSSR count). The molecule has 0 spiro atoms. The zero-order chi connectivity index (χ0) is 16.5. The number of nitrogens with zero attached hydrogens (tertiary/aromatic N) is 1. The Balaban J connectivity index is 2.15. The van der Waals surface area contributed by atoms with Crippen LogP contribution in [0.25, 0.3) is 0 Å². The second-order valence-electron chi connectivity index (χ2n) is 5.42. The first-order chi connectivity index (χ1) is 11.2. The fourth-order valence-corrected chi connectivity index (χ4v) is 2.76. The highest BCUT2D eigenvalue weighted by Gasteiger charge is 2.18. The van der Waals surface area contributed by atoms with Crippen molar-refractivity contribution in [3.05, 3.63) is 71.8 Å². The SMILES string of the molecule is COCCNC(=S)N(Cc1ccccc1)[C@H](C)c1ccccc1. The lowest BCUT2D eigenvalue weighted by molar-refractivity contribution is 0.202. The summed E-state index contributed by atoms with van der Waals surface area (Å²) in [5.74, 6) is 0. The first-order valence-electron chi connectivity index (χ1n) is 7.84. The summed E-state index contributed by atoms with van der Waals surface area (Å²) in [6, 6.07) is 21.0. The maximum atomic E-state index is 5.62. The number of thiocarbonyl (C=S) groups is 1. The number of nitrogens with one attached hydrogen (secondary N) is 1. The molecular weight excluding hydrogens is 304 g/mol. The first-order valence-corrected chi connectivity index (χ1v) is 8.25. The third-order valence-electron chi connectivity index (χ3n) is 3.79. The first kappa shape index (κ1) is 17.4. The molecule has 0 aliphatic rings. The average molecular weight is 328 g/mol. The van der Waals surface area contributed by atoms with Crippen LogP contribution < -0.4 is 5.32 Å². The van der Waals surface area contributed by atoms with Crippen molar-refractivity contribution >= 4 is 17.3 Å². The fourth-order valence-electron chi connectivity index (χ4n) is 2.44. The minimum absolute atomic E-state index is 0.193. The van der Waals surface area contributed by atoms with Gasteiger partial charge in [0.15, 0.2) is 5.11 Å². The van der Waals surface area contributed by atoms with Crippen molar-refractivity contribution in [3.8, 4) is 0 Å². The molecule has 2 aromatic rings. The molecule has 0 aromatic heterocycles. The highest BCUT2D eigenvalue weighted by Crippen LogP contribution is 2.22. The average Bonchev–Trinajstić information content (AvgIpc) is 2.61. The Morgan fingerprint density at radius 3 is 2.30 bits per heavy atom. The van der Waals surface area contributed by atoms with Gasteiger partial charge < -0.3 is 15.0 Å². The van der Waals surface area contributed by atoms with Gasteiger partial charge in [-0.2, -0.15) is 0 Å². The van der Waals surface area contributed by atoms with E-state index < -0.39 is 0 Å². The molecule has 1 N–H and O–H groups in total. The van der Waals surface area contributed by atoms with E-state index in [2.05, 4.69) is 65.7 Å². The molecule has 23 heavy (non-hydrogen) atoms. The van der Waals surface area contributed by atoms with E-state index in [9.17, 15) is 0 Å². The summed E-state index contributed by atoms with van der Waals surface area (Å²) in [6.45, 7) is 4.31. The minimum atomic E-state index is 0.193. The van der Waals surface area contributed by atoms with Gasteiger partial charge in [-0.25, -0.2) is 0 Å². The summed E-state index contributed by atoms with van der Waals surface area (Å²) < 4.78 is 5.09. The van der Waals surface area contributed by atoms with Gasteiger partial charge in [0, 0.05) is 20.2 Å². The Hall–Kier alpha value is -1.91. The Morgan fingerprint density at radius 2 is 1.70 bits per heavy atom. The van der Waals surface area contributed by atoms with Gasteiger partial charge in [0.1, 0.15) is 0 Å². The Morgan fingerprint density at radius 1 is 1.09 bits per heavy atom. The van der Waals surface area contributed by atoms with Crippen molar-refractivity contribution in [1.29, 1.82) is 0 Å². The number of benzene rings is 2. The lowest BCUT2D eigenvalue weighted by Gasteiger charge is -2.32. The van der Waals surface area contributed by atoms with Crippen LogP contribution in [0.1, 0.15) is 24.1 Å². The zero-order valence-corrected chi connectivity index (χ0v) is 14.6. The molecule has 122 valence electrons. The highest BCUT2D eigenvalue weighted by atomic mass is 32.1. The van der Waals surface area contributed by atoms with Crippen molar-refractivity contribution in [1.82, 2.24) is 10.2 Å². The molecule has 0 amide bonds. The van der Waals surface area contributed by atoms with E-state index in [1.54, 1.807) is 7.11 Å². The smallest absolute Gasteiger partial charge is 0.169 e. The molecular formula is C19H24N2OS. The van der Waals surface area contributed by atoms with Gasteiger partial charge in [0.05, 0.1) is 12.6 Å². The number of methoxy groups -OCH3 is 1. The van der Waals surface area contributed by atoms with E-state index in [4.69, 9.17) is 17.0 Å². The Labute approximate surface area is 144 Å². The Kier molecular flexibility index (Phi) is 7.04. The molecule has 2 aromatic carbocycles. The molecule has 3 nitrogen and oxygen atoms in total. The molecule has 1 atom stereocenters. The second kappa shape index (κ2) is 9.28. The predicted molar refractivity (Wildman–Crippen MR) is 99.3 cm³/mol. The normalized spacial score (nSPS) is 11.7. The quantitative estimate of drug-likeness (QED) is 0.618. The van der Waals surface area contributed by atoms with Crippen molar-refractivity contribution < 1.29 is 4.74 Å². The van der Waals surface area contributed by atoms with Crippen LogP contribution in [0.4, 0.5) is 0 Å². The predicted octanol–water partition coefficient (Wildman–Crippen LogP) is 3.77. The summed E-state index contributed by atoms with van der Waals surface area (Å²) in [7, 11) is 1.69. The van der Waals surface area contributed by atoms with Gasteiger partial charge in [0.25, 0.3) is 0 Å². The van der Waals surface area contributed by atoms with Gasteiger partial charge >= 0.3 is 0 Å². The second-order valence-corrected chi connectivity index (χ2v) is 5.81. The van der Waals surface area contributed by atoms with Crippen LogP contribution in [-0.2, 0) is 11.3 Å². The van der Waals surface area contributed by atoms with Crippen LogP contribution in [0.2, 0.25) is 0 Å². The van der Waals surface area contributed by atoms with Gasteiger partial charge in [-0.15, -0.1) is 0 Å². The van der Waals surface area contributed by atoms with E-state index in [0.717, 1.165) is 11.7 Å². The van der Waals surface area contributed by atoms with Gasteiger partial charge in [0.2, 0.25) is 0 Å². The molecule has 0 aliphatic heterocycles. The third-order valence-corrected chi connectivity index (χ3v) is 4.17. The number of hydrogen-bond acceptors (Lipinski definition) is 2. The lowest BCUT2D eigenvalue weighted by atomic mass is 10.1. The molecule has 0 radical (unpaired) electrons. The van der Waals surface area contributed by atoms with Crippen molar-refractivity contribution in [2.45, 2.75) is 19.5 Å². The van der Waals surface area contributed by atoms with E-state index in [0.29, 0.717) is 13.2 Å². The van der Waals surface area contributed by atoms with Crippen molar-refractivity contribution in [3.63, 3.8) is 0 Å². The largest absolute Gasteiger partial charge is 0.383 e. The van der Waals surface area contributed by atoms with Crippen LogP contribution in [-0.4, -0.2) is 30.3 Å². The molecule has 0 heterocycles. The van der Waals surface area contributed by atoms with Crippen LogP contribution in [0.3, 0.4) is 0 Å². The maximum absolute atomic E-state index is 5.62. The topological polar surface area (TPSA) is 24.5 Å². The molecule has 0 unspecified atom stereocenters. The summed E-state index contributed by atoms with van der Waals surface area (Å²) >= 11 is 5.62. The van der Waals surface area contributed by atoms with Crippen LogP contribution in [0, 0.1) is 0 Å². The number of hydrogen-bond donors (Lipinski definition) is 1. The standard InChI is InChI=1S/C19H24N2OS/c1-16(18-11-7-4-8-12-18)21(19(23)20-13-14-22-2)15-17-9-5-3-6-10-17/h3-12,16H,13-15H2,1-2H3,(H,20,23)/t16-/m1/s1. The van der Waals surface area contributed by atoms with Crippen molar-refractivity contribution in [2.24, 2.45) is 0 Å². The van der Waals surface area contributed by atoms with Gasteiger partial charge in [-0.05, 0) is 30.3 Å². The number of ether oxygens (including phenoxy) is 1. The van der Waals surface area contributed by atoms with Crippen molar-refractivity contribution in [2.75, 3.05) is 20.3 Å².